The van der Waals surface area contributed by atoms with Crippen LogP contribution in [-0.2, 0) is 11.2 Å². The summed E-state index contributed by atoms with van der Waals surface area (Å²) in [7, 11) is 1.59. The highest BCUT2D eigenvalue weighted by Gasteiger charge is 2.11. The van der Waals surface area contributed by atoms with Crippen LogP contribution in [0.1, 0.15) is 16.7 Å². The van der Waals surface area contributed by atoms with Crippen LogP contribution in [0.5, 0.6) is 5.75 Å². The Hall–Kier alpha value is -2.02. The second-order valence-corrected chi connectivity index (χ2v) is 3.87. The van der Waals surface area contributed by atoms with Crippen LogP contribution in [0, 0.1) is 25.2 Å². The molecule has 0 radical (unpaired) electrons. The summed E-state index contributed by atoms with van der Waals surface area (Å²) < 4.78 is 5.27. The summed E-state index contributed by atoms with van der Waals surface area (Å²) in [5, 5.41) is 10.9. The Morgan fingerprint density at radius 1 is 1.47 bits per heavy atom. The maximum Gasteiger partial charge on any atom is 0.225 e. The number of methoxy groups -OCH3 is 1. The van der Waals surface area contributed by atoms with E-state index in [1.807, 2.05) is 32.0 Å². The number of carbonyl (C=O) groups excluding carboxylic acids is 1. The Kier molecular flexibility index (Phi) is 4.53. The summed E-state index contributed by atoms with van der Waals surface area (Å²) in [6, 6.07) is 5.79. The number of hydrogen-bond donors (Lipinski definition) is 1. The van der Waals surface area contributed by atoms with Crippen molar-refractivity contribution in [1.29, 1.82) is 5.26 Å². The van der Waals surface area contributed by atoms with Gasteiger partial charge in [0.1, 0.15) is 12.3 Å². The van der Waals surface area contributed by atoms with E-state index < -0.39 is 0 Å². The van der Waals surface area contributed by atoms with Crippen molar-refractivity contribution in [2.45, 2.75) is 20.3 Å². The normalized spacial score (nSPS) is 9.53. The maximum absolute atomic E-state index is 11.6. The minimum Gasteiger partial charge on any atom is -0.496 e. The van der Waals surface area contributed by atoms with Crippen molar-refractivity contribution in [2.24, 2.45) is 0 Å². The molecular weight excluding hydrogens is 216 g/mol. The van der Waals surface area contributed by atoms with Gasteiger partial charge in [0.25, 0.3) is 0 Å². The molecule has 0 saturated carbocycles. The standard InChI is InChI=1S/C13H16N2O2/c1-9-6-10(2)11(12(7-9)17-3)8-13(16)15-5-4-14/h6-7H,5,8H2,1-3H3,(H,15,16). The van der Waals surface area contributed by atoms with Gasteiger partial charge in [-0.2, -0.15) is 5.26 Å². The van der Waals surface area contributed by atoms with Gasteiger partial charge in [-0.3, -0.25) is 4.79 Å². The van der Waals surface area contributed by atoms with Crippen molar-refractivity contribution in [1.82, 2.24) is 5.32 Å². The molecule has 0 spiro atoms. The summed E-state index contributed by atoms with van der Waals surface area (Å²) in [6.45, 7) is 3.96. The van der Waals surface area contributed by atoms with Crippen LogP contribution in [0.15, 0.2) is 12.1 Å². The van der Waals surface area contributed by atoms with Gasteiger partial charge in [0.05, 0.1) is 19.6 Å². The number of rotatable bonds is 4. The van der Waals surface area contributed by atoms with Crippen LogP contribution in [0.25, 0.3) is 0 Å². The van der Waals surface area contributed by atoms with E-state index in [-0.39, 0.29) is 18.9 Å². The molecule has 1 amide bonds. The SMILES string of the molecule is COc1cc(C)cc(C)c1CC(=O)NCC#N. The molecule has 0 atom stereocenters. The van der Waals surface area contributed by atoms with E-state index in [0.717, 1.165) is 22.4 Å². The topological polar surface area (TPSA) is 62.1 Å². The Morgan fingerprint density at radius 3 is 2.76 bits per heavy atom. The first-order chi connectivity index (χ1) is 8.08. The number of nitrogens with one attached hydrogen (secondary N) is 1. The van der Waals surface area contributed by atoms with Gasteiger partial charge >= 0.3 is 0 Å². The number of nitriles is 1. The number of aryl methyl sites for hydroxylation is 2. The summed E-state index contributed by atoms with van der Waals surface area (Å²) >= 11 is 0. The van der Waals surface area contributed by atoms with Gasteiger partial charge in [0.2, 0.25) is 5.91 Å². The number of amides is 1. The van der Waals surface area contributed by atoms with Crippen molar-refractivity contribution in [3.63, 3.8) is 0 Å². The van der Waals surface area contributed by atoms with E-state index in [1.54, 1.807) is 7.11 Å². The molecule has 0 saturated heterocycles. The lowest BCUT2D eigenvalue weighted by molar-refractivity contribution is -0.120. The number of hydrogen-bond acceptors (Lipinski definition) is 3. The van der Waals surface area contributed by atoms with Crippen LogP contribution in [0.4, 0.5) is 0 Å². The number of ether oxygens (including phenoxy) is 1. The first kappa shape index (κ1) is 13.0. The zero-order valence-corrected chi connectivity index (χ0v) is 10.3. The van der Waals surface area contributed by atoms with E-state index >= 15 is 0 Å². The quantitative estimate of drug-likeness (QED) is 0.800. The van der Waals surface area contributed by atoms with Gasteiger partial charge in [-0.25, -0.2) is 0 Å². The third-order valence-electron chi connectivity index (χ3n) is 2.50. The molecule has 0 aromatic heterocycles. The zero-order chi connectivity index (χ0) is 12.8. The average molecular weight is 232 g/mol. The lowest BCUT2D eigenvalue weighted by Crippen LogP contribution is -2.25. The molecule has 1 aromatic rings. The van der Waals surface area contributed by atoms with Crippen LogP contribution in [-0.4, -0.2) is 19.6 Å². The summed E-state index contributed by atoms with van der Waals surface area (Å²) in [6.07, 6.45) is 0.233. The Labute approximate surface area is 101 Å². The minimum atomic E-state index is -0.170. The van der Waals surface area contributed by atoms with Crippen molar-refractivity contribution in [2.75, 3.05) is 13.7 Å². The Bertz CT molecular complexity index is 461. The first-order valence-corrected chi connectivity index (χ1v) is 5.36. The molecule has 90 valence electrons. The van der Waals surface area contributed by atoms with Crippen LogP contribution in [0.2, 0.25) is 0 Å². The highest BCUT2D eigenvalue weighted by atomic mass is 16.5. The minimum absolute atomic E-state index is 0.0338. The predicted octanol–water partition coefficient (Wildman–Crippen LogP) is 1.49. The molecule has 17 heavy (non-hydrogen) atoms. The fourth-order valence-corrected chi connectivity index (χ4v) is 1.73. The molecule has 4 heteroatoms. The third-order valence-corrected chi connectivity index (χ3v) is 2.50. The van der Waals surface area contributed by atoms with Crippen LogP contribution in [0.3, 0.4) is 0 Å². The number of benzene rings is 1. The molecule has 0 aliphatic heterocycles. The van der Waals surface area contributed by atoms with E-state index in [4.69, 9.17) is 10.00 Å². The van der Waals surface area contributed by atoms with Gasteiger partial charge in [-0.1, -0.05) is 6.07 Å². The van der Waals surface area contributed by atoms with Crippen molar-refractivity contribution < 1.29 is 9.53 Å². The molecule has 1 rings (SSSR count). The molecular formula is C13H16N2O2. The lowest BCUT2D eigenvalue weighted by atomic mass is 10.0. The fourth-order valence-electron chi connectivity index (χ4n) is 1.73. The molecule has 0 aliphatic rings. The zero-order valence-electron chi connectivity index (χ0n) is 10.3. The van der Waals surface area contributed by atoms with Crippen molar-refractivity contribution >= 4 is 5.91 Å². The second-order valence-electron chi connectivity index (χ2n) is 3.87. The van der Waals surface area contributed by atoms with E-state index in [1.165, 1.54) is 0 Å². The summed E-state index contributed by atoms with van der Waals surface area (Å²) in [5.74, 6) is 0.548. The molecule has 0 fully saturated rings. The van der Waals surface area contributed by atoms with Crippen molar-refractivity contribution in [3.05, 3.63) is 28.8 Å². The molecule has 4 nitrogen and oxygen atoms in total. The van der Waals surface area contributed by atoms with E-state index in [0.29, 0.717) is 0 Å². The van der Waals surface area contributed by atoms with E-state index in [9.17, 15) is 4.79 Å². The van der Waals surface area contributed by atoms with Gasteiger partial charge in [-0.05, 0) is 31.0 Å². The molecule has 0 aliphatic carbocycles. The van der Waals surface area contributed by atoms with Gasteiger partial charge in [0.15, 0.2) is 0 Å². The highest BCUT2D eigenvalue weighted by Crippen LogP contribution is 2.24. The Morgan fingerprint density at radius 2 is 2.18 bits per heavy atom. The Balaban J connectivity index is 2.90. The third kappa shape index (κ3) is 3.49. The number of carbonyl (C=O) groups is 1. The lowest BCUT2D eigenvalue weighted by Gasteiger charge is -2.12. The monoisotopic (exact) mass is 232 g/mol. The van der Waals surface area contributed by atoms with Gasteiger partial charge in [-0.15, -0.1) is 0 Å². The second kappa shape index (κ2) is 5.90. The molecule has 1 aromatic carbocycles. The largest absolute Gasteiger partial charge is 0.496 e. The molecule has 0 unspecified atom stereocenters. The maximum atomic E-state index is 11.6. The highest BCUT2D eigenvalue weighted by molar-refractivity contribution is 5.80. The molecule has 0 heterocycles. The van der Waals surface area contributed by atoms with Crippen LogP contribution >= 0.6 is 0 Å². The predicted molar refractivity (Wildman–Crippen MR) is 64.8 cm³/mol. The van der Waals surface area contributed by atoms with Crippen molar-refractivity contribution in [3.8, 4) is 11.8 Å². The molecule has 0 bridgehead atoms. The fraction of sp³-hybridized carbons (Fsp3) is 0.385. The molecule has 1 N–H and O–H groups in total. The average Bonchev–Trinajstić information content (AvgIpc) is 2.29. The number of nitrogens with zero attached hydrogens (tertiary/aromatic N) is 1. The van der Waals surface area contributed by atoms with Crippen LogP contribution < -0.4 is 10.1 Å². The summed E-state index contributed by atoms with van der Waals surface area (Å²) in [4.78, 5) is 11.6. The smallest absolute Gasteiger partial charge is 0.225 e. The van der Waals surface area contributed by atoms with E-state index in [2.05, 4.69) is 5.32 Å². The summed E-state index contributed by atoms with van der Waals surface area (Å²) in [5.41, 5.74) is 2.99. The van der Waals surface area contributed by atoms with Gasteiger partial charge < -0.3 is 10.1 Å². The first-order valence-electron chi connectivity index (χ1n) is 5.36. The van der Waals surface area contributed by atoms with Gasteiger partial charge in [0, 0.05) is 5.56 Å².